The third kappa shape index (κ3) is 7.76. The first-order valence-electron chi connectivity index (χ1n) is 13.4. The molecule has 2 aliphatic rings. The molecule has 0 bridgehead atoms. The van der Waals surface area contributed by atoms with E-state index in [9.17, 15) is 9.90 Å². The fourth-order valence-corrected chi connectivity index (χ4v) is 5.30. The number of aromatic nitrogens is 1. The lowest BCUT2D eigenvalue weighted by atomic mass is 9.88. The average molecular weight is 587 g/mol. The van der Waals surface area contributed by atoms with Gasteiger partial charge in [-0.2, -0.15) is 0 Å². The summed E-state index contributed by atoms with van der Waals surface area (Å²) in [6, 6.07) is 17.0. The second-order valence-corrected chi connectivity index (χ2v) is 10.1. The summed E-state index contributed by atoms with van der Waals surface area (Å²) >= 11 is 6.27. The number of likely N-dealkylation sites (N-methyl/N-ethyl adjacent to an activating group) is 1. The molecule has 1 saturated heterocycles. The normalized spacial score (nSPS) is 14.9. The van der Waals surface area contributed by atoms with E-state index in [1.807, 2.05) is 25.3 Å². The molecule has 2 heterocycles. The summed E-state index contributed by atoms with van der Waals surface area (Å²) in [5, 5.41) is 22.2. The molecule has 1 fully saturated rings. The third-order valence-corrected chi connectivity index (χ3v) is 7.26. The maximum absolute atomic E-state index is 12.0. The molecule has 2 aromatic carbocycles. The van der Waals surface area contributed by atoms with Crippen LogP contribution in [0.4, 0.5) is 4.79 Å². The number of aryl methyl sites for hydroxylation is 2. The zero-order valence-corrected chi connectivity index (χ0v) is 24.5. The lowest BCUT2D eigenvalue weighted by molar-refractivity contribution is 0.104. The quantitative estimate of drug-likeness (QED) is 0.350. The second-order valence-electron chi connectivity index (χ2n) is 9.65. The number of phenols is 1. The largest absolute Gasteiger partial charge is 0.508 e. The van der Waals surface area contributed by atoms with Crippen LogP contribution in [0.25, 0.3) is 5.57 Å². The number of nitrogens with one attached hydrogen (secondary N) is 1. The molecule has 1 aliphatic heterocycles. The SMILES string of the molecule is CCOC(=O)N1CCC(=C2c3ccc(Cl)cc3CCc3cccnc32)CC1.CNC[C@H](O)c1cccc(O)c1.Cl. The van der Waals surface area contributed by atoms with Crippen molar-refractivity contribution in [3.63, 3.8) is 0 Å². The topological polar surface area (TPSA) is 94.9 Å². The van der Waals surface area contributed by atoms with Gasteiger partial charge in [0.25, 0.3) is 0 Å². The van der Waals surface area contributed by atoms with Gasteiger partial charge in [0.1, 0.15) is 5.75 Å². The Morgan fingerprint density at radius 3 is 2.52 bits per heavy atom. The molecule has 5 rings (SSSR count). The number of pyridine rings is 1. The van der Waals surface area contributed by atoms with Gasteiger partial charge in [-0.3, -0.25) is 4.98 Å². The van der Waals surface area contributed by atoms with Crippen LogP contribution < -0.4 is 5.32 Å². The first-order chi connectivity index (χ1) is 18.9. The van der Waals surface area contributed by atoms with Gasteiger partial charge in [0, 0.05) is 36.4 Å². The van der Waals surface area contributed by atoms with Gasteiger partial charge in [0.2, 0.25) is 0 Å². The molecule has 3 aromatic rings. The smallest absolute Gasteiger partial charge is 0.409 e. The van der Waals surface area contributed by atoms with Crippen LogP contribution in [0, 0.1) is 0 Å². The number of phenolic OH excluding ortho intramolecular Hbond substituents is 1. The Labute approximate surface area is 247 Å². The van der Waals surface area contributed by atoms with Crippen LogP contribution in [0.5, 0.6) is 5.75 Å². The number of carbonyl (C=O) groups is 1. The van der Waals surface area contributed by atoms with Crippen molar-refractivity contribution in [3.8, 4) is 5.75 Å². The number of nitrogens with zero attached hydrogens (tertiary/aromatic N) is 2. The third-order valence-electron chi connectivity index (χ3n) is 7.03. The van der Waals surface area contributed by atoms with E-state index >= 15 is 0 Å². The summed E-state index contributed by atoms with van der Waals surface area (Å²) in [4.78, 5) is 18.6. The highest BCUT2D eigenvalue weighted by Gasteiger charge is 2.26. The van der Waals surface area contributed by atoms with Gasteiger partial charge in [0.15, 0.2) is 0 Å². The molecule has 0 unspecified atom stereocenters. The number of piperidine rings is 1. The van der Waals surface area contributed by atoms with Crippen molar-refractivity contribution in [3.05, 3.63) is 99.3 Å². The van der Waals surface area contributed by atoms with Gasteiger partial charge in [-0.25, -0.2) is 4.79 Å². The van der Waals surface area contributed by atoms with E-state index in [4.69, 9.17) is 26.4 Å². The van der Waals surface area contributed by atoms with Crippen LogP contribution in [0.2, 0.25) is 5.02 Å². The summed E-state index contributed by atoms with van der Waals surface area (Å²) in [5.74, 6) is 0.183. The summed E-state index contributed by atoms with van der Waals surface area (Å²) in [5.41, 5.74) is 8.19. The first-order valence-corrected chi connectivity index (χ1v) is 13.8. The molecule has 0 spiro atoms. The Morgan fingerprint density at radius 2 is 1.82 bits per heavy atom. The van der Waals surface area contributed by atoms with Crippen molar-refractivity contribution in [1.82, 2.24) is 15.2 Å². The van der Waals surface area contributed by atoms with Crippen LogP contribution in [0.1, 0.15) is 53.8 Å². The maximum atomic E-state index is 12.0. The van der Waals surface area contributed by atoms with Crippen LogP contribution in [-0.4, -0.2) is 59.5 Å². The maximum Gasteiger partial charge on any atom is 0.409 e. The predicted octanol–water partition coefficient (Wildman–Crippen LogP) is 5.95. The number of aliphatic hydroxyl groups excluding tert-OH is 1. The molecule has 214 valence electrons. The van der Waals surface area contributed by atoms with Gasteiger partial charge in [-0.05, 0) is 92.2 Å². The number of aromatic hydroxyl groups is 1. The number of aliphatic hydroxyl groups is 1. The number of hydrogen-bond acceptors (Lipinski definition) is 6. The van der Waals surface area contributed by atoms with Gasteiger partial charge >= 0.3 is 6.09 Å². The van der Waals surface area contributed by atoms with Gasteiger partial charge < -0.3 is 25.2 Å². The van der Waals surface area contributed by atoms with E-state index in [0.29, 0.717) is 26.2 Å². The van der Waals surface area contributed by atoms with Gasteiger partial charge in [0.05, 0.1) is 18.4 Å². The minimum Gasteiger partial charge on any atom is -0.508 e. The number of hydrogen-bond donors (Lipinski definition) is 3. The number of ether oxygens (including phenoxy) is 1. The van der Waals surface area contributed by atoms with E-state index in [1.54, 1.807) is 36.2 Å². The number of rotatable bonds is 4. The van der Waals surface area contributed by atoms with E-state index in [-0.39, 0.29) is 24.2 Å². The van der Waals surface area contributed by atoms with Crippen LogP contribution in [-0.2, 0) is 17.6 Å². The summed E-state index contributed by atoms with van der Waals surface area (Å²) < 4.78 is 5.15. The number of carbonyl (C=O) groups excluding carboxylic acids is 1. The van der Waals surface area contributed by atoms with E-state index < -0.39 is 6.10 Å². The van der Waals surface area contributed by atoms with Crippen molar-refractivity contribution in [2.75, 3.05) is 33.3 Å². The second kappa shape index (κ2) is 15.1. The minimum atomic E-state index is -0.554. The summed E-state index contributed by atoms with van der Waals surface area (Å²) in [7, 11) is 1.77. The van der Waals surface area contributed by atoms with Gasteiger partial charge in [-0.1, -0.05) is 41.4 Å². The molecule has 1 amide bonds. The van der Waals surface area contributed by atoms with Crippen molar-refractivity contribution in [1.29, 1.82) is 0 Å². The molecule has 9 heteroatoms. The zero-order valence-electron chi connectivity index (χ0n) is 22.9. The average Bonchev–Trinajstić information content (AvgIpc) is 3.10. The Bertz CT molecular complexity index is 1320. The summed E-state index contributed by atoms with van der Waals surface area (Å²) in [6.45, 7) is 4.11. The molecule has 0 radical (unpaired) electrons. The lowest BCUT2D eigenvalue weighted by Crippen LogP contribution is -2.37. The monoisotopic (exact) mass is 585 g/mol. The van der Waals surface area contributed by atoms with Crippen molar-refractivity contribution in [2.45, 2.75) is 38.7 Å². The Hall–Kier alpha value is -3.10. The van der Waals surface area contributed by atoms with E-state index in [0.717, 1.165) is 42.0 Å². The highest BCUT2D eigenvalue weighted by Crippen LogP contribution is 2.38. The van der Waals surface area contributed by atoms with Crippen molar-refractivity contribution >= 4 is 35.7 Å². The molecule has 40 heavy (non-hydrogen) atoms. The van der Waals surface area contributed by atoms with E-state index in [2.05, 4.69) is 23.5 Å². The Morgan fingerprint density at radius 1 is 1.07 bits per heavy atom. The van der Waals surface area contributed by atoms with Crippen LogP contribution in [0.15, 0.2) is 66.4 Å². The Kier molecular flexibility index (Phi) is 11.8. The number of amides is 1. The van der Waals surface area contributed by atoms with Gasteiger partial charge in [-0.15, -0.1) is 12.4 Å². The molecular weight excluding hydrogens is 549 g/mol. The fourth-order valence-electron chi connectivity index (χ4n) is 5.10. The highest BCUT2D eigenvalue weighted by atomic mass is 35.5. The predicted molar refractivity (Wildman–Crippen MR) is 161 cm³/mol. The minimum absolute atomic E-state index is 0. The number of halogens is 2. The number of benzene rings is 2. The van der Waals surface area contributed by atoms with Crippen LogP contribution in [0.3, 0.4) is 0 Å². The zero-order chi connectivity index (χ0) is 27.8. The molecule has 7 nitrogen and oxygen atoms in total. The molecule has 1 aliphatic carbocycles. The highest BCUT2D eigenvalue weighted by molar-refractivity contribution is 6.30. The Balaban J connectivity index is 0.000000287. The molecular formula is C31H37Cl2N3O4. The first kappa shape index (κ1) is 31.4. The molecule has 3 N–H and O–H groups in total. The summed E-state index contributed by atoms with van der Waals surface area (Å²) in [6.07, 6.45) is 4.70. The number of fused-ring (bicyclic) bond motifs is 2. The van der Waals surface area contributed by atoms with E-state index in [1.165, 1.54) is 27.8 Å². The lowest BCUT2D eigenvalue weighted by Gasteiger charge is -2.29. The molecule has 0 saturated carbocycles. The standard InChI is InChI=1S/C22H23ClN2O2.C9H13NO2.ClH/c1-2-27-22(26)25-12-9-15(10-13-25)20-19-8-7-18(23)14-17(19)6-5-16-4-3-11-24-21(16)20;1-10-6-9(12)7-3-2-4-8(11)5-7;/h3-4,7-8,11,14H,2,5-6,9-10,12-13H2,1H3;2-5,9-12H,6H2,1H3;1H/t;9-;/m.0./s1. The van der Waals surface area contributed by atoms with Crippen molar-refractivity contribution in [2.24, 2.45) is 0 Å². The molecule has 1 aromatic heterocycles. The fraction of sp³-hybridized carbons (Fsp3) is 0.355. The number of likely N-dealkylation sites (tertiary alicyclic amines) is 1. The molecule has 1 atom stereocenters. The van der Waals surface area contributed by atoms with Crippen molar-refractivity contribution < 1.29 is 19.7 Å². The van der Waals surface area contributed by atoms with Crippen LogP contribution >= 0.6 is 24.0 Å².